The molecule has 0 aliphatic carbocycles. The summed E-state index contributed by atoms with van der Waals surface area (Å²) in [6, 6.07) is 15.2. The molecule has 31 heavy (non-hydrogen) atoms. The van der Waals surface area contributed by atoms with Crippen LogP contribution < -0.4 is 14.8 Å². The Morgan fingerprint density at radius 2 is 1.90 bits per heavy atom. The average molecular weight is 438 g/mol. The molecule has 3 rings (SSSR count). The third-order valence-corrected chi connectivity index (χ3v) is 6.03. The second-order valence-electron chi connectivity index (χ2n) is 7.16. The molecule has 1 aliphatic heterocycles. The summed E-state index contributed by atoms with van der Waals surface area (Å²) in [6.45, 7) is 3.22. The lowest BCUT2D eigenvalue weighted by Gasteiger charge is -2.26. The van der Waals surface area contributed by atoms with Crippen LogP contribution in [-0.2, 0) is 17.9 Å². The van der Waals surface area contributed by atoms with Crippen molar-refractivity contribution in [1.82, 2.24) is 10.2 Å². The molecule has 1 aliphatic rings. The first kappa shape index (κ1) is 22.7. The molecular formula is C24H27N3O3S. The van der Waals surface area contributed by atoms with Gasteiger partial charge in [0.1, 0.15) is 23.1 Å². The van der Waals surface area contributed by atoms with Gasteiger partial charge in [0.25, 0.3) is 5.91 Å². The van der Waals surface area contributed by atoms with Crippen LogP contribution >= 0.6 is 11.8 Å². The van der Waals surface area contributed by atoms with Gasteiger partial charge in [0.15, 0.2) is 0 Å². The number of hydrogen-bond donors (Lipinski definition) is 1. The van der Waals surface area contributed by atoms with Gasteiger partial charge in [-0.15, -0.1) is 0 Å². The highest BCUT2D eigenvalue weighted by Gasteiger charge is 2.14. The molecule has 6 nitrogen and oxygen atoms in total. The van der Waals surface area contributed by atoms with Crippen LogP contribution in [0, 0.1) is 11.3 Å². The monoisotopic (exact) mass is 437 g/mol. The van der Waals surface area contributed by atoms with Crippen LogP contribution in [0.2, 0.25) is 0 Å². The first-order valence-electron chi connectivity index (χ1n) is 10.1. The molecular weight excluding hydrogens is 410 g/mol. The van der Waals surface area contributed by atoms with Crippen LogP contribution in [0.15, 0.2) is 48.0 Å². The number of hydrogen-bond acceptors (Lipinski definition) is 6. The fourth-order valence-corrected chi connectivity index (χ4v) is 4.33. The molecule has 1 N–H and O–H groups in total. The van der Waals surface area contributed by atoms with Crippen molar-refractivity contribution < 1.29 is 14.3 Å². The van der Waals surface area contributed by atoms with Crippen molar-refractivity contribution in [2.45, 2.75) is 13.1 Å². The Kier molecular flexibility index (Phi) is 8.39. The Morgan fingerprint density at radius 1 is 1.16 bits per heavy atom. The van der Waals surface area contributed by atoms with Gasteiger partial charge in [-0.2, -0.15) is 17.0 Å². The van der Waals surface area contributed by atoms with Gasteiger partial charge in [0.2, 0.25) is 0 Å². The van der Waals surface area contributed by atoms with E-state index in [1.54, 1.807) is 20.3 Å². The maximum Gasteiger partial charge on any atom is 0.262 e. The van der Waals surface area contributed by atoms with Crippen LogP contribution in [0.25, 0.3) is 6.08 Å². The van der Waals surface area contributed by atoms with Crippen LogP contribution in [0.3, 0.4) is 0 Å². The van der Waals surface area contributed by atoms with Crippen molar-refractivity contribution in [3.63, 3.8) is 0 Å². The number of nitrogens with zero attached hydrogens (tertiary/aromatic N) is 2. The van der Waals surface area contributed by atoms with Crippen molar-refractivity contribution in [3.05, 3.63) is 64.7 Å². The lowest BCUT2D eigenvalue weighted by molar-refractivity contribution is -0.117. The van der Waals surface area contributed by atoms with Crippen molar-refractivity contribution in [2.75, 3.05) is 38.8 Å². The van der Waals surface area contributed by atoms with E-state index >= 15 is 0 Å². The number of thioether (sulfide) groups is 1. The number of nitriles is 1. The van der Waals surface area contributed by atoms with Gasteiger partial charge in [-0.3, -0.25) is 9.69 Å². The van der Waals surface area contributed by atoms with Crippen molar-refractivity contribution in [2.24, 2.45) is 0 Å². The molecule has 0 atom stereocenters. The van der Waals surface area contributed by atoms with Crippen LogP contribution in [0.4, 0.5) is 0 Å². The molecule has 2 aromatic carbocycles. The van der Waals surface area contributed by atoms with Crippen LogP contribution in [0.5, 0.6) is 11.5 Å². The third kappa shape index (κ3) is 6.51. The molecule has 0 aromatic heterocycles. The molecule has 0 bridgehead atoms. The van der Waals surface area contributed by atoms with Crippen molar-refractivity contribution in [1.29, 1.82) is 5.26 Å². The fraction of sp³-hybridized carbons (Fsp3) is 0.333. The number of nitrogens with one attached hydrogen (secondary N) is 1. The quantitative estimate of drug-likeness (QED) is 0.504. The molecule has 7 heteroatoms. The highest BCUT2D eigenvalue weighted by molar-refractivity contribution is 7.99. The van der Waals surface area contributed by atoms with E-state index < -0.39 is 5.91 Å². The number of rotatable bonds is 8. The van der Waals surface area contributed by atoms with Crippen LogP contribution in [0.1, 0.15) is 16.7 Å². The van der Waals surface area contributed by atoms with E-state index in [1.165, 1.54) is 0 Å². The van der Waals surface area contributed by atoms with Gasteiger partial charge in [0.05, 0.1) is 14.2 Å². The minimum Gasteiger partial charge on any atom is -0.497 e. The second-order valence-corrected chi connectivity index (χ2v) is 8.39. The summed E-state index contributed by atoms with van der Waals surface area (Å²) in [4.78, 5) is 14.9. The normalized spacial score (nSPS) is 14.5. The molecule has 1 heterocycles. The van der Waals surface area contributed by atoms with Crippen molar-refractivity contribution >= 4 is 23.7 Å². The van der Waals surface area contributed by atoms with Gasteiger partial charge < -0.3 is 14.8 Å². The van der Waals surface area contributed by atoms with E-state index in [0.717, 1.165) is 59.3 Å². The maximum absolute atomic E-state index is 12.5. The summed E-state index contributed by atoms with van der Waals surface area (Å²) in [7, 11) is 3.27. The minimum atomic E-state index is -0.399. The Balaban J connectivity index is 1.70. The predicted octanol–water partition coefficient (Wildman–Crippen LogP) is 3.48. The third-order valence-electron chi connectivity index (χ3n) is 5.09. The minimum absolute atomic E-state index is 0.0685. The summed E-state index contributed by atoms with van der Waals surface area (Å²) in [5, 5.41) is 12.3. The summed E-state index contributed by atoms with van der Waals surface area (Å²) in [5.74, 6) is 3.44. The van der Waals surface area contributed by atoms with Crippen molar-refractivity contribution in [3.8, 4) is 17.6 Å². The summed E-state index contributed by atoms with van der Waals surface area (Å²) in [6.07, 6.45) is 1.62. The largest absolute Gasteiger partial charge is 0.497 e. The second kappa shape index (κ2) is 11.4. The van der Waals surface area contributed by atoms with Gasteiger partial charge in [-0.25, -0.2) is 0 Å². The highest BCUT2D eigenvalue weighted by atomic mass is 32.2. The highest BCUT2D eigenvalue weighted by Crippen LogP contribution is 2.24. The number of carbonyl (C=O) groups excluding carboxylic acids is 1. The Morgan fingerprint density at radius 3 is 2.55 bits per heavy atom. The van der Waals surface area contributed by atoms with E-state index in [9.17, 15) is 10.1 Å². The smallest absolute Gasteiger partial charge is 0.262 e. The van der Waals surface area contributed by atoms with Gasteiger partial charge >= 0.3 is 0 Å². The van der Waals surface area contributed by atoms with E-state index in [4.69, 9.17) is 9.47 Å². The average Bonchev–Trinajstić information content (AvgIpc) is 2.82. The number of benzene rings is 2. The first-order chi connectivity index (χ1) is 15.1. The Labute approximate surface area is 187 Å². The first-order valence-corrected chi connectivity index (χ1v) is 11.3. The van der Waals surface area contributed by atoms with Gasteiger partial charge in [-0.05, 0) is 41.5 Å². The van der Waals surface area contributed by atoms with E-state index in [0.29, 0.717) is 6.54 Å². The molecule has 1 fully saturated rings. The van der Waals surface area contributed by atoms with Gasteiger partial charge in [-0.1, -0.05) is 18.2 Å². The number of carbonyl (C=O) groups is 1. The number of methoxy groups -OCH3 is 2. The lowest BCUT2D eigenvalue weighted by Crippen LogP contribution is -2.32. The standard InChI is InChI=1S/C24H27N3O3S/c1-29-22-6-3-18(4-7-22)16-26-24(28)20(15-25)13-19-5-8-23(30-2)21(14-19)17-27-9-11-31-12-10-27/h3-8,13-14H,9-12,16-17H2,1-2H3,(H,26,28)/b20-13+. The number of ether oxygens (including phenoxy) is 2. The molecule has 162 valence electrons. The zero-order chi connectivity index (χ0) is 22.1. The van der Waals surface area contributed by atoms with E-state index in [1.807, 2.05) is 60.3 Å². The number of amides is 1. The summed E-state index contributed by atoms with van der Waals surface area (Å²) >= 11 is 1.97. The fourth-order valence-electron chi connectivity index (χ4n) is 3.35. The molecule has 0 radical (unpaired) electrons. The molecule has 1 amide bonds. The Hall–Kier alpha value is -2.95. The SMILES string of the molecule is COc1ccc(CNC(=O)/C(C#N)=C/c2ccc(OC)c(CN3CCSCC3)c2)cc1. The maximum atomic E-state index is 12.5. The van der Waals surface area contributed by atoms with Crippen LogP contribution in [-0.4, -0.2) is 49.6 Å². The topological polar surface area (TPSA) is 74.6 Å². The van der Waals surface area contributed by atoms with E-state index in [-0.39, 0.29) is 5.57 Å². The molecule has 0 saturated carbocycles. The molecule has 0 unspecified atom stereocenters. The summed E-state index contributed by atoms with van der Waals surface area (Å²) < 4.78 is 10.7. The lowest BCUT2D eigenvalue weighted by atomic mass is 10.1. The van der Waals surface area contributed by atoms with Gasteiger partial charge in [0, 0.05) is 43.2 Å². The Bertz CT molecular complexity index is 961. The molecule has 2 aromatic rings. The molecule has 1 saturated heterocycles. The zero-order valence-corrected chi connectivity index (χ0v) is 18.7. The summed E-state index contributed by atoms with van der Waals surface area (Å²) in [5.41, 5.74) is 2.86. The zero-order valence-electron chi connectivity index (χ0n) is 17.9. The molecule has 0 spiro atoms. The predicted molar refractivity (Wildman–Crippen MR) is 124 cm³/mol. The van der Waals surface area contributed by atoms with E-state index in [2.05, 4.69) is 10.2 Å².